The lowest BCUT2D eigenvalue weighted by atomic mass is 9.92. The normalized spacial score (nSPS) is 23.4. The fourth-order valence-corrected chi connectivity index (χ4v) is 3.74. The van der Waals surface area contributed by atoms with Crippen LogP contribution in [0.3, 0.4) is 0 Å². The highest BCUT2D eigenvalue weighted by Gasteiger charge is 2.41. The minimum atomic E-state index is -0.0361. The standard InChI is InChI=1S/C17H21N5O2/c1-11-8-18-17(19-9-11)21-5-3-13-4-6-22(15(13)10-21)16(23)14-7-12(2)24-20-14/h7-9,13,15H,3-6,10H2,1-2H3. The fourth-order valence-electron chi connectivity index (χ4n) is 3.74. The van der Waals surface area contributed by atoms with Crippen molar-refractivity contribution in [3.8, 4) is 0 Å². The number of hydrogen-bond donors (Lipinski definition) is 0. The van der Waals surface area contributed by atoms with Gasteiger partial charge in [-0.1, -0.05) is 5.16 Å². The second-order valence-electron chi connectivity index (χ2n) is 6.73. The van der Waals surface area contributed by atoms with Crippen molar-refractivity contribution in [2.24, 2.45) is 5.92 Å². The number of aromatic nitrogens is 3. The highest BCUT2D eigenvalue weighted by molar-refractivity contribution is 5.92. The van der Waals surface area contributed by atoms with E-state index in [1.807, 2.05) is 24.2 Å². The fraction of sp³-hybridized carbons (Fsp3) is 0.529. The van der Waals surface area contributed by atoms with E-state index >= 15 is 0 Å². The molecule has 2 saturated heterocycles. The molecule has 0 radical (unpaired) electrons. The molecular formula is C17H21N5O2. The smallest absolute Gasteiger partial charge is 0.276 e. The van der Waals surface area contributed by atoms with Crippen molar-refractivity contribution in [3.05, 3.63) is 35.5 Å². The van der Waals surface area contributed by atoms with E-state index in [2.05, 4.69) is 20.0 Å². The summed E-state index contributed by atoms with van der Waals surface area (Å²) in [6.45, 7) is 6.27. The maximum atomic E-state index is 12.8. The van der Waals surface area contributed by atoms with Gasteiger partial charge in [0, 0.05) is 38.1 Å². The molecule has 2 aromatic rings. The van der Waals surface area contributed by atoms with Gasteiger partial charge in [0.1, 0.15) is 5.76 Å². The Morgan fingerprint density at radius 3 is 2.67 bits per heavy atom. The first-order chi connectivity index (χ1) is 11.6. The van der Waals surface area contributed by atoms with Gasteiger partial charge in [-0.05, 0) is 38.2 Å². The van der Waals surface area contributed by atoms with Gasteiger partial charge in [0.05, 0.1) is 6.04 Å². The third-order valence-corrected chi connectivity index (χ3v) is 5.02. The number of piperidine rings is 1. The number of carbonyl (C=O) groups excluding carboxylic acids is 1. The lowest BCUT2D eigenvalue weighted by molar-refractivity contribution is 0.0701. The number of aryl methyl sites for hydroxylation is 2. The maximum absolute atomic E-state index is 12.8. The Bertz CT molecular complexity index is 742. The van der Waals surface area contributed by atoms with Crippen molar-refractivity contribution in [2.45, 2.75) is 32.7 Å². The minimum Gasteiger partial charge on any atom is -0.361 e. The predicted molar refractivity (Wildman–Crippen MR) is 87.8 cm³/mol. The summed E-state index contributed by atoms with van der Waals surface area (Å²) in [7, 11) is 0. The average Bonchev–Trinajstić information content (AvgIpc) is 3.20. The number of rotatable bonds is 2. The van der Waals surface area contributed by atoms with Crippen molar-refractivity contribution >= 4 is 11.9 Å². The summed E-state index contributed by atoms with van der Waals surface area (Å²) >= 11 is 0. The molecule has 0 spiro atoms. The van der Waals surface area contributed by atoms with Gasteiger partial charge < -0.3 is 14.3 Å². The monoisotopic (exact) mass is 327 g/mol. The van der Waals surface area contributed by atoms with E-state index < -0.39 is 0 Å². The van der Waals surface area contributed by atoms with Crippen molar-refractivity contribution in [1.82, 2.24) is 20.0 Å². The van der Waals surface area contributed by atoms with Crippen LogP contribution in [0.15, 0.2) is 23.0 Å². The number of likely N-dealkylation sites (tertiary alicyclic amines) is 1. The third kappa shape index (κ3) is 2.64. The maximum Gasteiger partial charge on any atom is 0.276 e. The topological polar surface area (TPSA) is 75.4 Å². The summed E-state index contributed by atoms with van der Waals surface area (Å²) in [6, 6.07) is 1.90. The van der Waals surface area contributed by atoms with Crippen LogP contribution < -0.4 is 4.90 Å². The van der Waals surface area contributed by atoms with Gasteiger partial charge in [-0.2, -0.15) is 0 Å². The zero-order valence-corrected chi connectivity index (χ0v) is 14.0. The molecule has 0 N–H and O–H groups in total. The Hall–Kier alpha value is -2.44. The Balaban J connectivity index is 1.53. The zero-order chi connectivity index (χ0) is 16.7. The molecule has 0 aromatic carbocycles. The predicted octanol–water partition coefficient (Wildman–Crippen LogP) is 1.82. The zero-order valence-electron chi connectivity index (χ0n) is 14.0. The van der Waals surface area contributed by atoms with Crippen LogP contribution in [0.1, 0.15) is 34.7 Å². The van der Waals surface area contributed by atoms with Crippen LogP contribution in [-0.4, -0.2) is 51.6 Å². The van der Waals surface area contributed by atoms with Gasteiger partial charge in [-0.15, -0.1) is 0 Å². The van der Waals surface area contributed by atoms with Crippen LogP contribution in [0, 0.1) is 19.8 Å². The van der Waals surface area contributed by atoms with Crippen molar-refractivity contribution in [3.63, 3.8) is 0 Å². The Morgan fingerprint density at radius 1 is 1.21 bits per heavy atom. The van der Waals surface area contributed by atoms with Crippen molar-refractivity contribution in [2.75, 3.05) is 24.5 Å². The highest BCUT2D eigenvalue weighted by Crippen LogP contribution is 2.33. The lowest BCUT2D eigenvalue weighted by Crippen LogP contribution is -2.50. The van der Waals surface area contributed by atoms with Crippen LogP contribution in [0.2, 0.25) is 0 Å². The van der Waals surface area contributed by atoms with Crippen LogP contribution in [0.5, 0.6) is 0 Å². The van der Waals surface area contributed by atoms with Gasteiger partial charge in [0.2, 0.25) is 5.95 Å². The molecular weight excluding hydrogens is 306 g/mol. The largest absolute Gasteiger partial charge is 0.361 e. The molecule has 24 heavy (non-hydrogen) atoms. The second kappa shape index (κ2) is 5.89. The van der Waals surface area contributed by atoms with E-state index in [1.54, 1.807) is 13.0 Å². The molecule has 2 fully saturated rings. The van der Waals surface area contributed by atoms with Crippen LogP contribution in [0.4, 0.5) is 5.95 Å². The Labute approximate surface area is 140 Å². The Morgan fingerprint density at radius 2 is 1.96 bits per heavy atom. The SMILES string of the molecule is Cc1cnc(N2CCC3CCN(C(=O)c4cc(C)on4)C3C2)nc1. The molecule has 2 aromatic heterocycles. The summed E-state index contributed by atoms with van der Waals surface area (Å²) in [5.41, 5.74) is 1.45. The third-order valence-electron chi connectivity index (χ3n) is 5.02. The van der Waals surface area contributed by atoms with Crippen LogP contribution >= 0.6 is 0 Å². The first-order valence-electron chi connectivity index (χ1n) is 8.39. The van der Waals surface area contributed by atoms with Gasteiger partial charge in [-0.3, -0.25) is 4.79 Å². The highest BCUT2D eigenvalue weighted by atomic mass is 16.5. The number of amides is 1. The number of hydrogen-bond acceptors (Lipinski definition) is 6. The summed E-state index contributed by atoms with van der Waals surface area (Å²) < 4.78 is 5.05. The minimum absolute atomic E-state index is 0.0361. The van der Waals surface area contributed by atoms with Crippen LogP contribution in [-0.2, 0) is 0 Å². The van der Waals surface area contributed by atoms with E-state index in [4.69, 9.17) is 4.52 Å². The molecule has 126 valence electrons. The molecule has 0 bridgehead atoms. The van der Waals surface area contributed by atoms with E-state index in [1.165, 1.54) is 0 Å². The summed E-state index contributed by atoms with van der Waals surface area (Å²) in [6.07, 6.45) is 5.79. The number of anilines is 1. The number of nitrogens with zero attached hydrogens (tertiary/aromatic N) is 5. The summed E-state index contributed by atoms with van der Waals surface area (Å²) in [4.78, 5) is 25.7. The molecule has 4 heterocycles. The lowest BCUT2D eigenvalue weighted by Gasteiger charge is -2.38. The molecule has 0 saturated carbocycles. The molecule has 4 rings (SSSR count). The molecule has 2 aliphatic rings. The number of carbonyl (C=O) groups is 1. The van der Waals surface area contributed by atoms with Gasteiger partial charge in [0.15, 0.2) is 5.69 Å². The molecule has 1 amide bonds. The quantitative estimate of drug-likeness (QED) is 0.837. The van der Waals surface area contributed by atoms with E-state index in [9.17, 15) is 4.79 Å². The molecule has 7 nitrogen and oxygen atoms in total. The van der Waals surface area contributed by atoms with Crippen LogP contribution in [0.25, 0.3) is 0 Å². The Kier molecular flexibility index (Phi) is 3.70. The van der Waals surface area contributed by atoms with Crippen molar-refractivity contribution in [1.29, 1.82) is 0 Å². The summed E-state index contributed by atoms with van der Waals surface area (Å²) in [5.74, 6) is 1.91. The van der Waals surface area contributed by atoms with E-state index in [-0.39, 0.29) is 11.9 Å². The molecule has 2 unspecified atom stereocenters. The number of fused-ring (bicyclic) bond motifs is 1. The molecule has 2 aliphatic heterocycles. The molecule has 0 aliphatic carbocycles. The first kappa shape index (κ1) is 15.1. The van der Waals surface area contributed by atoms with Gasteiger partial charge >= 0.3 is 0 Å². The first-order valence-corrected chi connectivity index (χ1v) is 8.39. The molecule has 7 heteroatoms. The average molecular weight is 327 g/mol. The molecule has 2 atom stereocenters. The van der Waals surface area contributed by atoms with E-state index in [0.29, 0.717) is 17.4 Å². The van der Waals surface area contributed by atoms with Crippen molar-refractivity contribution < 1.29 is 9.32 Å². The second-order valence-corrected chi connectivity index (χ2v) is 6.73. The van der Waals surface area contributed by atoms with Gasteiger partial charge in [-0.25, -0.2) is 9.97 Å². The van der Waals surface area contributed by atoms with E-state index in [0.717, 1.165) is 44.0 Å². The van der Waals surface area contributed by atoms with Gasteiger partial charge in [0.25, 0.3) is 5.91 Å². The summed E-state index contributed by atoms with van der Waals surface area (Å²) in [5, 5.41) is 3.88.